The highest BCUT2D eigenvalue weighted by Gasteiger charge is 2.36. The van der Waals surface area contributed by atoms with Crippen LogP contribution in [0.3, 0.4) is 0 Å². The number of para-hydroxylation sites is 1. The summed E-state index contributed by atoms with van der Waals surface area (Å²) < 4.78 is 26.1. The normalized spacial score (nSPS) is 17.2. The molecule has 1 saturated heterocycles. The van der Waals surface area contributed by atoms with Gasteiger partial charge in [0.15, 0.2) is 9.84 Å². The average Bonchev–Trinajstić information content (AvgIpc) is 3.58. The number of amides is 1. The molecular weight excluding hydrogens is 454 g/mol. The summed E-state index contributed by atoms with van der Waals surface area (Å²) in [5.74, 6) is -0.113. The zero-order valence-corrected chi connectivity index (χ0v) is 19.5. The van der Waals surface area contributed by atoms with Crippen LogP contribution in [0.25, 0.3) is 16.9 Å². The Bertz CT molecular complexity index is 1350. The summed E-state index contributed by atoms with van der Waals surface area (Å²) in [4.78, 5) is 16.7. The summed E-state index contributed by atoms with van der Waals surface area (Å²) in [6.07, 6.45) is 0.449. The SMILES string of the molecule is O=C(c1cc(-c2ccccc2)nn1-c1ccccc1)N(Cc1cccs1)C1CCS(=O)(=O)C1. The first-order chi connectivity index (χ1) is 16.0. The van der Waals surface area contributed by atoms with Crippen molar-refractivity contribution in [2.75, 3.05) is 11.5 Å². The highest BCUT2D eigenvalue weighted by Crippen LogP contribution is 2.27. The van der Waals surface area contributed by atoms with Crippen LogP contribution in [-0.4, -0.2) is 46.6 Å². The second-order valence-corrected chi connectivity index (χ2v) is 11.4. The average molecular weight is 478 g/mol. The summed E-state index contributed by atoms with van der Waals surface area (Å²) in [5.41, 5.74) is 2.80. The minimum absolute atomic E-state index is 0.00483. The van der Waals surface area contributed by atoms with Gasteiger partial charge in [0, 0.05) is 16.5 Å². The molecule has 0 saturated carbocycles. The van der Waals surface area contributed by atoms with E-state index in [4.69, 9.17) is 5.10 Å². The molecule has 3 heterocycles. The minimum Gasteiger partial charge on any atom is -0.328 e. The van der Waals surface area contributed by atoms with Gasteiger partial charge in [0.05, 0.1) is 29.4 Å². The van der Waals surface area contributed by atoms with Crippen molar-refractivity contribution < 1.29 is 13.2 Å². The number of thiophene rings is 1. The molecule has 2 aromatic carbocycles. The van der Waals surface area contributed by atoms with E-state index in [9.17, 15) is 13.2 Å². The van der Waals surface area contributed by atoms with E-state index in [0.717, 1.165) is 16.1 Å². The predicted molar refractivity (Wildman–Crippen MR) is 130 cm³/mol. The van der Waals surface area contributed by atoms with Gasteiger partial charge in [0.2, 0.25) is 0 Å². The third-order valence-corrected chi connectivity index (χ3v) is 8.43. The Hall–Kier alpha value is -3.23. The van der Waals surface area contributed by atoms with Gasteiger partial charge >= 0.3 is 0 Å². The first-order valence-corrected chi connectivity index (χ1v) is 13.4. The number of carbonyl (C=O) groups excluding carboxylic acids is 1. The molecule has 0 radical (unpaired) electrons. The van der Waals surface area contributed by atoms with Crippen LogP contribution in [0.1, 0.15) is 21.8 Å². The Morgan fingerprint density at radius 1 is 1.03 bits per heavy atom. The third kappa shape index (κ3) is 4.62. The Balaban J connectivity index is 1.59. The molecule has 6 nitrogen and oxygen atoms in total. The first-order valence-electron chi connectivity index (χ1n) is 10.7. The van der Waals surface area contributed by atoms with E-state index in [1.54, 1.807) is 27.0 Å². The zero-order valence-electron chi connectivity index (χ0n) is 17.9. The Morgan fingerprint density at radius 2 is 1.76 bits per heavy atom. The number of rotatable bonds is 6. The predicted octanol–water partition coefficient (Wildman–Crippen LogP) is 4.43. The smallest absolute Gasteiger partial charge is 0.273 e. The fraction of sp³-hybridized carbons (Fsp3) is 0.200. The fourth-order valence-corrected chi connectivity index (χ4v) is 6.59. The van der Waals surface area contributed by atoms with Crippen LogP contribution in [0.15, 0.2) is 84.2 Å². The number of hydrogen-bond acceptors (Lipinski definition) is 5. The van der Waals surface area contributed by atoms with Gasteiger partial charge in [-0.1, -0.05) is 54.6 Å². The van der Waals surface area contributed by atoms with Crippen LogP contribution in [-0.2, 0) is 16.4 Å². The summed E-state index contributed by atoms with van der Waals surface area (Å²) >= 11 is 1.56. The maximum Gasteiger partial charge on any atom is 0.273 e. The van der Waals surface area contributed by atoms with Crippen LogP contribution in [0.2, 0.25) is 0 Å². The molecule has 8 heteroatoms. The molecule has 4 aromatic rings. The monoisotopic (exact) mass is 477 g/mol. The van der Waals surface area contributed by atoms with Gasteiger partial charge in [0.25, 0.3) is 5.91 Å². The number of sulfone groups is 1. The van der Waals surface area contributed by atoms with Gasteiger partial charge in [-0.05, 0) is 36.1 Å². The van der Waals surface area contributed by atoms with Crippen molar-refractivity contribution in [3.8, 4) is 16.9 Å². The number of hydrogen-bond donors (Lipinski definition) is 0. The van der Waals surface area contributed by atoms with E-state index in [2.05, 4.69) is 0 Å². The molecule has 1 fully saturated rings. The molecule has 168 valence electrons. The van der Waals surface area contributed by atoms with Crippen molar-refractivity contribution in [2.45, 2.75) is 19.0 Å². The molecule has 1 aliphatic rings. The van der Waals surface area contributed by atoms with Crippen LogP contribution in [0.5, 0.6) is 0 Å². The van der Waals surface area contributed by atoms with E-state index >= 15 is 0 Å². The van der Waals surface area contributed by atoms with Crippen LogP contribution < -0.4 is 0 Å². The third-order valence-electron chi connectivity index (χ3n) is 5.82. The minimum atomic E-state index is -3.15. The van der Waals surface area contributed by atoms with E-state index in [1.165, 1.54) is 0 Å². The van der Waals surface area contributed by atoms with Crippen molar-refractivity contribution in [3.05, 3.63) is 94.8 Å². The van der Waals surface area contributed by atoms with Crippen LogP contribution >= 0.6 is 11.3 Å². The highest BCUT2D eigenvalue weighted by molar-refractivity contribution is 7.91. The zero-order chi connectivity index (χ0) is 22.8. The summed E-state index contributed by atoms with van der Waals surface area (Å²) in [6.45, 7) is 0.372. The number of carbonyl (C=O) groups is 1. The van der Waals surface area contributed by atoms with Gasteiger partial charge < -0.3 is 4.90 Å². The molecule has 33 heavy (non-hydrogen) atoms. The van der Waals surface area contributed by atoms with E-state index < -0.39 is 9.84 Å². The van der Waals surface area contributed by atoms with Crippen molar-refractivity contribution in [1.82, 2.24) is 14.7 Å². The maximum atomic E-state index is 14.0. The van der Waals surface area contributed by atoms with Gasteiger partial charge in [-0.3, -0.25) is 4.79 Å². The number of benzene rings is 2. The largest absolute Gasteiger partial charge is 0.328 e. The molecule has 5 rings (SSSR count). The summed E-state index contributed by atoms with van der Waals surface area (Å²) in [7, 11) is -3.15. The van der Waals surface area contributed by atoms with E-state index in [0.29, 0.717) is 24.4 Å². The van der Waals surface area contributed by atoms with Gasteiger partial charge in [-0.2, -0.15) is 5.10 Å². The van der Waals surface area contributed by atoms with E-state index in [1.807, 2.05) is 78.2 Å². The second kappa shape index (κ2) is 8.96. The van der Waals surface area contributed by atoms with Crippen molar-refractivity contribution in [1.29, 1.82) is 0 Å². The Kier molecular flexibility index (Phi) is 5.86. The lowest BCUT2D eigenvalue weighted by atomic mass is 10.1. The van der Waals surface area contributed by atoms with Gasteiger partial charge in [-0.15, -0.1) is 11.3 Å². The molecule has 1 unspecified atom stereocenters. The highest BCUT2D eigenvalue weighted by atomic mass is 32.2. The van der Waals surface area contributed by atoms with Crippen molar-refractivity contribution >= 4 is 27.1 Å². The summed E-state index contributed by atoms with van der Waals surface area (Å²) in [6, 6.07) is 24.6. The van der Waals surface area contributed by atoms with Crippen molar-refractivity contribution in [3.63, 3.8) is 0 Å². The molecule has 0 spiro atoms. The first kappa shape index (κ1) is 21.6. The second-order valence-electron chi connectivity index (χ2n) is 8.10. The molecule has 0 N–H and O–H groups in total. The molecule has 0 bridgehead atoms. The van der Waals surface area contributed by atoms with Gasteiger partial charge in [-0.25, -0.2) is 13.1 Å². The van der Waals surface area contributed by atoms with Crippen molar-refractivity contribution in [2.24, 2.45) is 0 Å². The number of nitrogens with zero attached hydrogens (tertiary/aromatic N) is 3. The molecule has 1 amide bonds. The lowest BCUT2D eigenvalue weighted by Gasteiger charge is -2.28. The molecular formula is C25H23N3O3S2. The van der Waals surface area contributed by atoms with Crippen LogP contribution in [0, 0.1) is 0 Å². The molecule has 2 aromatic heterocycles. The van der Waals surface area contributed by atoms with Gasteiger partial charge in [0.1, 0.15) is 5.69 Å². The fourth-order valence-electron chi connectivity index (χ4n) is 4.15. The molecule has 0 aliphatic carbocycles. The van der Waals surface area contributed by atoms with Crippen LogP contribution in [0.4, 0.5) is 0 Å². The molecule has 1 aliphatic heterocycles. The lowest BCUT2D eigenvalue weighted by Crippen LogP contribution is -2.41. The number of aromatic nitrogens is 2. The lowest BCUT2D eigenvalue weighted by molar-refractivity contribution is 0.0673. The Morgan fingerprint density at radius 3 is 2.39 bits per heavy atom. The van der Waals surface area contributed by atoms with E-state index in [-0.39, 0.29) is 23.5 Å². The Labute approximate surface area is 197 Å². The summed E-state index contributed by atoms with van der Waals surface area (Å²) in [5, 5.41) is 6.72. The topological polar surface area (TPSA) is 72.3 Å². The maximum absolute atomic E-state index is 14.0. The molecule has 1 atom stereocenters. The standard InChI is InChI=1S/C25H23N3O3S2/c29-25(27(17-22-12-7-14-32-22)21-13-15-33(30,31)18-21)24-16-23(19-8-3-1-4-9-19)26-28(24)20-10-5-2-6-11-20/h1-12,14,16,21H,13,15,17-18H2. The quantitative estimate of drug-likeness (QED) is 0.412.